The summed E-state index contributed by atoms with van der Waals surface area (Å²) in [6, 6.07) is 9.30. The quantitative estimate of drug-likeness (QED) is 0.864. The van der Waals surface area contributed by atoms with Crippen LogP contribution in [0.25, 0.3) is 0 Å². The molecule has 0 aromatic heterocycles. The molecule has 0 saturated carbocycles. The van der Waals surface area contributed by atoms with Crippen molar-refractivity contribution in [2.45, 2.75) is 39.4 Å². The van der Waals surface area contributed by atoms with Crippen LogP contribution in [0.3, 0.4) is 0 Å². The molecule has 1 aliphatic heterocycles. The van der Waals surface area contributed by atoms with E-state index in [2.05, 4.69) is 43.1 Å². The Bertz CT molecular complexity index is 451. The second kappa shape index (κ2) is 5.51. The Hall–Kier alpha value is -1.37. The Labute approximate surface area is 109 Å². The molecule has 18 heavy (non-hydrogen) atoms. The summed E-state index contributed by atoms with van der Waals surface area (Å²) in [4.78, 5) is 2.53. The van der Waals surface area contributed by atoms with E-state index in [1.54, 1.807) is 0 Å². The SMILES string of the molecule is Cc1cc(C#N)ccc1CN1C(C)CNCC1C. The van der Waals surface area contributed by atoms with Crippen molar-refractivity contribution in [3.63, 3.8) is 0 Å². The van der Waals surface area contributed by atoms with Crippen LogP contribution in [0.2, 0.25) is 0 Å². The van der Waals surface area contributed by atoms with E-state index in [1.807, 2.05) is 12.1 Å². The van der Waals surface area contributed by atoms with Gasteiger partial charge in [0.05, 0.1) is 11.6 Å². The lowest BCUT2D eigenvalue weighted by atomic mass is 10.0. The number of nitriles is 1. The van der Waals surface area contributed by atoms with Gasteiger partial charge in [0.1, 0.15) is 0 Å². The summed E-state index contributed by atoms with van der Waals surface area (Å²) in [5, 5.41) is 12.3. The van der Waals surface area contributed by atoms with Crippen molar-refractivity contribution in [3.05, 3.63) is 34.9 Å². The number of nitrogens with one attached hydrogen (secondary N) is 1. The van der Waals surface area contributed by atoms with E-state index < -0.39 is 0 Å². The van der Waals surface area contributed by atoms with Crippen LogP contribution in [0.5, 0.6) is 0 Å². The van der Waals surface area contributed by atoms with Crippen molar-refractivity contribution in [2.75, 3.05) is 13.1 Å². The van der Waals surface area contributed by atoms with Gasteiger partial charge in [-0.2, -0.15) is 5.26 Å². The molecule has 0 bridgehead atoms. The highest BCUT2D eigenvalue weighted by Gasteiger charge is 2.24. The first-order chi connectivity index (χ1) is 8.61. The minimum atomic E-state index is 0.559. The highest BCUT2D eigenvalue weighted by atomic mass is 15.2. The smallest absolute Gasteiger partial charge is 0.0991 e. The summed E-state index contributed by atoms with van der Waals surface area (Å²) in [5.74, 6) is 0. The van der Waals surface area contributed by atoms with Gasteiger partial charge in [0.25, 0.3) is 0 Å². The maximum atomic E-state index is 8.89. The van der Waals surface area contributed by atoms with Gasteiger partial charge in [-0.05, 0) is 44.0 Å². The number of rotatable bonds is 2. The fraction of sp³-hybridized carbons (Fsp3) is 0.533. The third-order valence-electron chi connectivity index (χ3n) is 3.84. The Morgan fingerprint density at radius 2 is 2.00 bits per heavy atom. The van der Waals surface area contributed by atoms with Crippen LogP contribution in [0, 0.1) is 18.3 Å². The largest absolute Gasteiger partial charge is 0.314 e. The van der Waals surface area contributed by atoms with Crippen LogP contribution in [-0.4, -0.2) is 30.1 Å². The molecule has 2 unspecified atom stereocenters. The monoisotopic (exact) mass is 243 g/mol. The fourth-order valence-electron chi connectivity index (χ4n) is 2.62. The van der Waals surface area contributed by atoms with E-state index in [4.69, 9.17) is 5.26 Å². The third-order valence-corrected chi connectivity index (χ3v) is 3.84. The number of benzene rings is 1. The molecule has 1 aliphatic rings. The average Bonchev–Trinajstić information content (AvgIpc) is 2.35. The first-order valence-electron chi connectivity index (χ1n) is 6.58. The average molecular weight is 243 g/mol. The normalized spacial score (nSPS) is 24.8. The Morgan fingerprint density at radius 3 is 2.56 bits per heavy atom. The van der Waals surface area contributed by atoms with Crippen molar-refractivity contribution in [3.8, 4) is 6.07 Å². The van der Waals surface area contributed by atoms with Gasteiger partial charge in [-0.15, -0.1) is 0 Å². The zero-order valence-electron chi connectivity index (χ0n) is 11.4. The van der Waals surface area contributed by atoms with E-state index in [0.717, 1.165) is 25.2 Å². The highest BCUT2D eigenvalue weighted by Crippen LogP contribution is 2.18. The van der Waals surface area contributed by atoms with Crippen LogP contribution in [0.15, 0.2) is 18.2 Å². The fourth-order valence-corrected chi connectivity index (χ4v) is 2.62. The summed E-state index contributed by atoms with van der Waals surface area (Å²) in [7, 11) is 0. The van der Waals surface area contributed by atoms with Crippen LogP contribution >= 0.6 is 0 Å². The van der Waals surface area contributed by atoms with Gasteiger partial charge in [-0.1, -0.05) is 6.07 Å². The van der Waals surface area contributed by atoms with Gasteiger partial charge < -0.3 is 5.32 Å². The zero-order valence-corrected chi connectivity index (χ0v) is 11.4. The molecule has 0 spiro atoms. The predicted octanol–water partition coefficient (Wildman–Crippen LogP) is 2.05. The molecule has 0 amide bonds. The van der Waals surface area contributed by atoms with E-state index >= 15 is 0 Å². The molecule has 1 N–H and O–H groups in total. The molecule has 96 valence electrons. The van der Waals surface area contributed by atoms with E-state index in [0.29, 0.717) is 12.1 Å². The maximum Gasteiger partial charge on any atom is 0.0991 e. The standard InChI is InChI=1S/C15H21N3/c1-11-6-14(7-16)4-5-15(11)10-18-12(2)8-17-9-13(18)3/h4-6,12-13,17H,8-10H2,1-3H3. The Kier molecular flexibility index (Phi) is 4.00. The number of nitrogens with zero attached hydrogens (tertiary/aromatic N) is 2. The van der Waals surface area contributed by atoms with Gasteiger partial charge in [0, 0.05) is 31.7 Å². The topological polar surface area (TPSA) is 39.1 Å². The highest BCUT2D eigenvalue weighted by molar-refractivity contribution is 5.37. The van der Waals surface area contributed by atoms with Gasteiger partial charge in [-0.25, -0.2) is 0 Å². The van der Waals surface area contributed by atoms with E-state index in [1.165, 1.54) is 11.1 Å². The third kappa shape index (κ3) is 2.72. The molecule has 2 atom stereocenters. The van der Waals surface area contributed by atoms with Crippen molar-refractivity contribution < 1.29 is 0 Å². The molecular formula is C15H21N3. The van der Waals surface area contributed by atoms with Crippen molar-refractivity contribution in [1.82, 2.24) is 10.2 Å². The lowest BCUT2D eigenvalue weighted by Crippen LogP contribution is -2.54. The maximum absolute atomic E-state index is 8.89. The molecule has 3 nitrogen and oxygen atoms in total. The summed E-state index contributed by atoms with van der Waals surface area (Å²) >= 11 is 0. The first kappa shape index (κ1) is 13.1. The van der Waals surface area contributed by atoms with Gasteiger partial charge >= 0.3 is 0 Å². The lowest BCUT2D eigenvalue weighted by molar-refractivity contribution is 0.108. The second-order valence-electron chi connectivity index (χ2n) is 5.28. The van der Waals surface area contributed by atoms with Crippen LogP contribution in [-0.2, 0) is 6.54 Å². The summed E-state index contributed by atoms with van der Waals surface area (Å²) in [5.41, 5.74) is 3.29. The summed E-state index contributed by atoms with van der Waals surface area (Å²) < 4.78 is 0. The van der Waals surface area contributed by atoms with Crippen molar-refractivity contribution in [2.24, 2.45) is 0 Å². The minimum Gasteiger partial charge on any atom is -0.314 e. The molecule has 0 radical (unpaired) electrons. The van der Waals surface area contributed by atoms with E-state index in [9.17, 15) is 0 Å². The van der Waals surface area contributed by atoms with Crippen molar-refractivity contribution in [1.29, 1.82) is 5.26 Å². The molecule has 1 fully saturated rings. The summed E-state index contributed by atoms with van der Waals surface area (Å²) in [6.45, 7) is 9.71. The molecule has 1 heterocycles. The van der Waals surface area contributed by atoms with Gasteiger partial charge in [-0.3, -0.25) is 4.90 Å². The number of aryl methyl sites for hydroxylation is 1. The van der Waals surface area contributed by atoms with Gasteiger partial charge in [0.15, 0.2) is 0 Å². The van der Waals surface area contributed by atoms with Crippen LogP contribution < -0.4 is 5.32 Å². The lowest BCUT2D eigenvalue weighted by Gasteiger charge is -2.39. The Balaban J connectivity index is 2.15. The minimum absolute atomic E-state index is 0.559. The zero-order chi connectivity index (χ0) is 13.1. The second-order valence-corrected chi connectivity index (χ2v) is 5.28. The molecule has 1 aromatic rings. The molecular weight excluding hydrogens is 222 g/mol. The Morgan fingerprint density at radius 1 is 1.33 bits per heavy atom. The van der Waals surface area contributed by atoms with Crippen molar-refractivity contribution >= 4 is 0 Å². The predicted molar refractivity (Wildman–Crippen MR) is 73.2 cm³/mol. The summed E-state index contributed by atoms with van der Waals surface area (Å²) in [6.07, 6.45) is 0. The number of piperazine rings is 1. The van der Waals surface area contributed by atoms with Gasteiger partial charge in [0.2, 0.25) is 0 Å². The molecule has 1 saturated heterocycles. The first-order valence-corrected chi connectivity index (χ1v) is 6.58. The molecule has 0 aliphatic carbocycles. The number of hydrogen-bond acceptors (Lipinski definition) is 3. The van der Waals surface area contributed by atoms with E-state index in [-0.39, 0.29) is 0 Å². The molecule has 2 rings (SSSR count). The van der Waals surface area contributed by atoms with Crippen LogP contribution in [0.4, 0.5) is 0 Å². The molecule has 1 aromatic carbocycles. The molecule has 3 heteroatoms. The van der Waals surface area contributed by atoms with Crippen LogP contribution in [0.1, 0.15) is 30.5 Å². The number of hydrogen-bond donors (Lipinski definition) is 1.